The van der Waals surface area contributed by atoms with Crippen LogP contribution in [0.4, 0.5) is 15.2 Å². The molecule has 2 aromatic heterocycles. The van der Waals surface area contributed by atoms with Crippen LogP contribution in [0.25, 0.3) is 10.6 Å². The molecule has 0 atom stereocenters. The largest absolute Gasteiger partial charge is 0.380 e. The molecule has 0 aliphatic heterocycles. The molecule has 78 valence electrons. The zero-order chi connectivity index (χ0) is 11.0. The lowest BCUT2D eigenvalue weighted by atomic mass is 10.3. The fraction of sp³-hybridized carbons (Fsp3) is 0. The molecule has 3 N–H and O–H groups in total. The molecule has 0 saturated heterocycles. The fourth-order valence-electron chi connectivity index (χ4n) is 1.07. The van der Waals surface area contributed by atoms with Gasteiger partial charge in [-0.05, 0) is 6.07 Å². The first-order valence-electron chi connectivity index (χ1n) is 3.83. The Balaban J connectivity index is 2.46. The molecule has 0 spiro atoms. The van der Waals surface area contributed by atoms with E-state index in [0.717, 1.165) is 11.3 Å². The van der Waals surface area contributed by atoms with Gasteiger partial charge < -0.3 is 5.73 Å². The molecule has 0 bridgehead atoms. The summed E-state index contributed by atoms with van der Waals surface area (Å²) in [5, 5.41) is 16.2. The minimum Gasteiger partial charge on any atom is -0.380 e. The van der Waals surface area contributed by atoms with Gasteiger partial charge in [-0.2, -0.15) is 5.10 Å². The highest BCUT2D eigenvalue weighted by molar-refractivity contribution is 7.18. The van der Waals surface area contributed by atoms with E-state index in [0.29, 0.717) is 4.88 Å². The average molecular weight is 228 g/mol. The lowest BCUT2D eigenvalue weighted by molar-refractivity contribution is -0.380. The number of anilines is 1. The van der Waals surface area contributed by atoms with Crippen molar-refractivity contribution in [3.8, 4) is 10.6 Å². The smallest absolute Gasteiger partial charge is 0.324 e. The highest BCUT2D eigenvalue weighted by atomic mass is 32.1. The molecule has 0 aliphatic rings. The number of rotatable bonds is 2. The van der Waals surface area contributed by atoms with Gasteiger partial charge in [0.1, 0.15) is 5.69 Å². The summed E-state index contributed by atoms with van der Waals surface area (Å²) >= 11 is 0.856. The van der Waals surface area contributed by atoms with Gasteiger partial charge in [0.25, 0.3) is 0 Å². The summed E-state index contributed by atoms with van der Waals surface area (Å²) in [5.74, 6) is -0.937. The first kappa shape index (κ1) is 9.59. The van der Waals surface area contributed by atoms with Crippen molar-refractivity contribution in [3.63, 3.8) is 0 Å². The highest BCUT2D eigenvalue weighted by Crippen LogP contribution is 2.33. The number of nitro groups is 1. The van der Waals surface area contributed by atoms with E-state index in [-0.39, 0.29) is 16.5 Å². The van der Waals surface area contributed by atoms with Crippen molar-refractivity contribution in [1.82, 2.24) is 10.2 Å². The summed E-state index contributed by atoms with van der Waals surface area (Å²) in [7, 11) is 0. The normalized spacial score (nSPS) is 10.5. The van der Waals surface area contributed by atoms with E-state index in [9.17, 15) is 14.5 Å². The van der Waals surface area contributed by atoms with Crippen LogP contribution >= 0.6 is 11.3 Å². The molecule has 2 rings (SSSR count). The van der Waals surface area contributed by atoms with E-state index >= 15 is 0 Å². The molecule has 0 fully saturated rings. The zero-order valence-electron chi connectivity index (χ0n) is 7.23. The topological polar surface area (TPSA) is 97.8 Å². The summed E-state index contributed by atoms with van der Waals surface area (Å²) in [6.45, 7) is 0. The van der Waals surface area contributed by atoms with Gasteiger partial charge in [-0.3, -0.25) is 15.2 Å². The minimum absolute atomic E-state index is 0.0578. The number of H-pyrrole nitrogens is 1. The number of nitrogen functional groups attached to an aromatic ring is 1. The van der Waals surface area contributed by atoms with E-state index in [1.54, 1.807) is 0 Å². The van der Waals surface area contributed by atoms with E-state index in [2.05, 4.69) is 10.2 Å². The van der Waals surface area contributed by atoms with Gasteiger partial charge in [0.15, 0.2) is 11.6 Å². The zero-order valence-corrected chi connectivity index (χ0v) is 8.05. The van der Waals surface area contributed by atoms with Gasteiger partial charge in [-0.25, -0.2) is 4.39 Å². The highest BCUT2D eigenvalue weighted by Gasteiger charge is 2.17. The summed E-state index contributed by atoms with van der Waals surface area (Å²) in [6, 6.07) is 2.75. The Labute approximate surface area is 86.7 Å². The molecule has 2 aromatic rings. The molecule has 0 radical (unpaired) electrons. The Morgan fingerprint density at radius 1 is 1.60 bits per heavy atom. The van der Waals surface area contributed by atoms with Gasteiger partial charge >= 0.3 is 5.00 Å². The van der Waals surface area contributed by atoms with Crippen molar-refractivity contribution in [1.29, 1.82) is 0 Å². The van der Waals surface area contributed by atoms with Crippen LogP contribution in [0, 0.1) is 15.9 Å². The quantitative estimate of drug-likeness (QED) is 0.604. The summed E-state index contributed by atoms with van der Waals surface area (Å²) < 4.78 is 13.3. The van der Waals surface area contributed by atoms with Crippen LogP contribution in [0.5, 0.6) is 0 Å². The van der Waals surface area contributed by atoms with Gasteiger partial charge in [0.05, 0.1) is 9.80 Å². The first-order chi connectivity index (χ1) is 7.09. The van der Waals surface area contributed by atoms with Crippen molar-refractivity contribution in [2.24, 2.45) is 0 Å². The molecule has 0 amide bonds. The Hall–Kier alpha value is -1.96. The SMILES string of the molecule is Nc1n[nH]c(-c2ccc([N+](=O)[O-])s2)c1F. The van der Waals surface area contributed by atoms with Crippen LogP contribution < -0.4 is 5.73 Å². The van der Waals surface area contributed by atoms with E-state index in [4.69, 9.17) is 5.73 Å². The van der Waals surface area contributed by atoms with Gasteiger partial charge in [-0.15, -0.1) is 0 Å². The van der Waals surface area contributed by atoms with Gasteiger partial charge in [0.2, 0.25) is 0 Å². The van der Waals surface area contributed by atoms with Crippen LogP contribution in [0.1, 0.15) is 0 Å². The maximum Gasteiger partial charge on any atom is 0.324 e. The molecular formula is C7H5FN4O2S. The third-order valence-electron chi connectivity index (χ3n) is 1.75. The lowest BCUT2D eigenvalue weighted by Crippen LogP contribution is -1.86. The summed E-state index contributed by atoms with van der Waals surface area (Å²) in [4.78, 5) is 10.3. The molecule has 0 unspecified atom stereocenters. The summed E-state index contributed by atoms with van der Waals surface area (Å²) in [5.41, 5.74) is 5.27. The van der Waals surface area contributed by atoms with Crippen molar-refractivity contribution < 1.29 is 9.31 Å². The molecule has 6 nitrogen and oxygen atoms in total. The number of halogens is 1. The predicted molar refractivity (Wildman–Crippen MR) is 52.9 cm³/mol. The molecule has 0 saturated carbocycles. The molecule has 2 heterocycles. The Morgan fingerprint density at radius 3 is 2.80 bits per heavy atom. The predicted octanol–water partition coefficient (Wildman–Crippen LogP) is 1.77. The number of aromatic amines is 1. The Bertz CT molecular complexity index is 521. The lowest BCUT2D eigenvalue weighted by Gasteiger charge is -1.89. The van der Waals surface area contributed by atoms with Crippen LogP contribution in [0.15, 0.2) is 12.1 Å². The maximum absolute atomic E-state index is 13.3. The second-order valence-electron chi connectivity index (χ2n) is 2.69. The Morgan fingerprint density at radius 2 is 2.33 bits per heavy atom. The average Bonchev–Trinajstić information content (AvgIpc) is 2.76. The van der Waals surface area contributed by atoms with Crippen LogP contribution in [0.3, 0.4) is 0 Å². The van der Waals surface area contributed by atoms with Crippen molar-refractivity contribution >= 4 is 22.2 Å². The second-order valence-corrected chi connectivity index (χ2v) is 3.76. The van der Waals surface area contributed by atoms with Crippen molar-refractivity contribution in [2.75, 3.05) is 5.73 Å². The molecular weight excluding hydrogens is 223 g/mol. The number of hydrogen-bond acceptors (Lipinski definition) is 5. The summed E-state index contributed by atoms with van der Waals surface area (Å²) in [6.07, 6.45) is 0. The number of nitrogens with two attached hydrogens (primary N) is 1. The second kappa shape index (κ2) is 3.31. The van der Waals surface area contributed by atoms with Crippen LogP contribution in [-0.4, -0.2) is 15.1 Å². The minimum atomic E-state index is -0.688. The van der Waals surface area contributed by atoms with E-state index in [1.807, 2.05) is 0 Å². The fourth-order valence-corrected chi connectivity index (χ4v) is 1.88. The molecule has 0 aliphatic carbocycles. The molecule has 0 aromatic carbocycles. The van der Waals surface area contributed by atoms with Crippen molar-refractivity contribution in [2.45, 2.75) is 0 Å². The van der Waals surface area contributed by atoms with Crippen molar-refractivity contribution in [3.05, 3.63) is 28.1 Å². The number of nitrogens with zero attached hydrogens (tertiary/aromatic N) is 2. The van der Waals surface area contributed by atoms with Gasteiger partial charge in [0, 0.05) is 6.07 Å². The molecule has 15 heavy (non-hydrogen) atoms. The number of thiophene rings is 1. The standard InChI is InChI=1S/C7H5FN4O2S/c8-5-6(10-11-7(5)9)3-1-2-4(15-3)12(13)14/h1-2H,(H3,9,10,11). The third-order valence-corrected chi connectivity index (χ3v) is 2.81. The number of aromatic nitrogens is 2. The van der Waals surface area contributed by atoms with Crippen LogP contribution in [-0.2, 0) is 0 Å². The van der Waals surface area contributed by atoms with Gasteiger partial charge in [-0.1, -0.05) is 11.3 Å². The third kappa shape index (κ3) is 1.54. The Kier molecular flexibility index (Phi) is 2.12. The molecule has 8 heteroatoms. The monoisotopic (exact) mass is 228 g/mol. The maximum atomic E-state index is 13.3. The van der Waals surface area contributed by atoms with E-state index < -0.39 is 10.7 Å². The first-order valence-corrected chi connectivity index (χ1v) is 4.65. The number of nitrogens with one attached hydrogen (secondary N) is 1. The van der Waals surface area contributed by atoms with E-state index in [1.165, 1.54) is 12.1 Å². The van der Waals surface area contributed by atoms with Crippen LogP contribution in [0.2, 0.25) is 0 Å². The number of hydrogen-bond donors (Lipinski definition) is 2.